The van der Waals surface area contributed by atoms with Crippen LogP contribution in [0.3, 0.4) is 0 Å². The zero-order valence-electron chi connectivity index (χ0n) is 21.1. The molecule has 0 aliphatic carbocycles. The highest BCUT2D eigenvalue weighted by Crippen LogP contribution is 2.13. The van der Waals surface area contributed by atoms with Crippen LogP contribution in [0.25, 0.3) is 0 Å². The van der Waals surface area contributed by atoms with Crippen molar-refractivity contribution >= 4 is 23.5 Å². The number of anilines is 1. The van der Waals surface area contributed by atoms with Crippen LogP contribution in [0.4, 0.5) is 14.6 Å². The summed E-state index contributed by atoms with van der Waals surface area (Å²) >= 11 is 0. The van der Waals surface area contributed by atoms with E-state index in [1.807, 2.05) is 0 Å². The number of carboxylic acids is 1. The summed E-state index contributed by atoms with van der Waals surface area (Å²) < 4.78 is 33.4. The number of ketones is 1. The Bertz CT molecular complexity index is 1370. The second kappa shape index (κ2) is 13.3. The van der Waals surface area contributed by atoms with E-state index in [0.29, 0.717) is 11.4 Å². The summed E-state index contributed by atoms with van der Waals surface area (Å²) in [5.74, 6) is -4.53. The molecule has 2 heterocycles. The van der Waals surface area contributed by atoms with Gasteiger partial charge in [0.05, 0.1) is 25.6 Å². The summed E-state index contributed by atoms with van der Waals surface area (Å²) in [7, 11) is 0. The molecular formula is C24H27F2N7O6. The van der Waals surface area contributed by atoms with E-state index < -0.39 is 59.9 Å². The third kappa shape index (κ3) is 7.50. The number of carbonyl (C=O) groups excluding carboxylic acids is 2. The van der Waals surface area contributed by atoms with Crippen LogP contribution >= 0.6 is 0 Å². The zero-order chi connectivity index (χ0) is 28.5. The third-order valence-electron chi connectivity index (χ3n) is 5.81. The van der Waals surface area contributed by atoms with Crippen LogP contribution in [0.2, 0.25) is 0 Å². The maximum absolute atomic E-state index is 13.8. The number of hydrogen-bond donors (Lipinski definition) is 4. The van der Waals surface area contributed by atoms with E-state index in [2.05, 4.69) is 35.9 Å². The van der Waals surface area contributed by atoms with Crippen LogP contribution in [0, 0.1) is 18.6 Å². The fourth-order valence-corrected chi connectivity index (χ4v) is 3.70. The molecule has 0 radical (unpaired) electrons. The Balaban J connectivity index is 1.69. The number of carbonyl (C=O) groups is 3. The minimum Gasteiger partial charge on any atom is -0.481 e. The van der Waals surface area contributed by atoms with Gasteiger partial charge >= 0.3 is 5.97 Å². The van der Waals surface area contributed by atoms with Crippen LogP contribution in [0.15, 0.2) is 40.0 Å². The average Bonchev–Trinajstić information content (AvgIpc) is 3.30. The van der Waals surface area contributed by atoms with Crippen LogP contribution in [0.1, 0.15) is 42.8 Å². The summed E-state index contributed by atoms with van der Waals surface area (Å²) in [6.45, 7) is 2.59. The quantitative estimate of drug-likeness (QED) is 0.227. The first kappa shape index (κ1) is 29.0. The van der Waals surface area contributed by atoms with Gasteiger partial charge in [0.25, 0.3) is 5.56 Å². The van der Waals surface area contributed by atoms with Gasteiger partial charge in [-0.25, -0.2) is 18.4 Å². The molecule has 3 aromatic rings. The van der Waals surface area contributed by atoms with Crippen molar-refractivity contribution in [3.63, 3.8) is 0 Å². The third-order valence-corrected chi connectivity index (χ3v) is 5.81. The first-order valence-electron chi connectivity index (χ1n) is 11.9. The second-order valence-corrected chi connectivity index (χ2v) is 8.49. The molecule has 0 saturated heterocycles. The van der Waals surface area contributed by atoms with E-state index >= 15 is 0 Å². The van der Waals surface area contributed by atoms with Gasteiger partial charge in [-0.05, 0) is 25.5 Å². The smallest absolute Gasteiger partial charge is 0.305 e. The fraction of sp³-hybridized carbons (Fsp3) is 0.375. The number of nitrogens with one attached hydrogen (secondary N) is 3. The highest BCUT2D eigenvalue weighted by Gasteiger charge is 2.28. The fourth-order valence-electron chi connectivity index (χ4n) is 3.70. The Labute approximate surface area is 220 Å². The lowest BCUT2D eigenvalue weighted by molar-refractivity contribution is -0.140. The first-order chi connectivity index (χ1) is 18.6. The second-order valence-electron chi connectivity index (χ2n) is 8.49. The predicted molar refractivity (Wildman–Crippen MR) is 131 cm³/mol. The molecule has 0 bridgehead atoms. The van der Waals surface area contributed by atoms with E-state index in [0.717, 1.165) is 16.7 Å². The van der Waals surface area contributed by atoms with Crippen molar-refractivity contribution in [1.82, 2.24) is 30.5 Å². The number of benzene rings is 1. The molecule has 0 spiro atoms. The Hall–Kier alpha value is -4.53. The number of rotatable bonds is 14. The largest absolute Gasteiger partial charge is 0.481 e. The number of aliphatic carboxylic acids is 1. The highest BCUT2D eigenvalue weighted by atomic mass is 19.1. The monoisotopic (exact) mass is 547 g/mol. The Morgan fingerprint density at radius 2 is 1.87 bits per heavy atom. The first-order valence-corrected chi connectivity index (χ1v) is 11.9. The van der Waals surface area contributed by atoms with Crippen molar-refractivity contribution in [2.45, 2.75) is 51.9 Å². The van der Waals surface area contributed by atoms with Crippen molar-refractivity contribution < 1.29 is 32.9 Å². The van der Waals surface area contributed by atoms with E-state index in [1.165, 1.54) is 18.5 Å². The van der Waals surface area contributed by atoms with Crippen LogP contribution in [-0.4, -0.2) is 55.2 Å². The Kier molecular flexibility index (Phi) is 9.92. The maximum Gasteiger partial charge on any atom is 0.305 e. The lowest BCUT2D eigenvalue weighted by Crippen LogP contribution is -2.48. The standard InChI is InChI=1S/C24H27F2N7O6/c1-3-19(33-8-7-28-22(24(33)38)29-11-18-13(2)31-39-32-18)23(37)30-17(9-21(35)36)20(34)12-27-10-14-15(25)5-4-6-16(14)26/h4-8,17,19,27H,3,9-12H2,1-2H3,(H,28,29)(H,30,37)(H,35,36). The van der Waals surface area contributed by atoms with Gasteiger partial charge in [-0.15, -0.1) is 0 Å². The number of aryl methyl sites for hydroxylation is 1. The molecule has 15 heteroatoms. The number of carboxylic acid groups (broad SMARTS) is 1. The topological polar surface area (TPSA) is 181 Å². The zero-order valence-corrected chi connectivity index (χ0v) is 21.1. The van der Waals surface area contributed by atoms with Gasteiger partial charge in [0.15, 0.2) is 11.6 Å². The lowest BCUT2D eigenvalue weighted by atomic mass is 10.1. The van der Waals surface area contributed by atoms with Crippen molar-refractivity contribution in [2.75, 3.05) is 11.9 Å². The molecule has 3 rings (SSSR count). The minimum absolute atomic E-state index is 0.0751. The molecule has 39 heavy (non-hydrogen) atoms. The number of amides is 1. The molecule has 2 atom stereocenters. The number of Topliss-reactive ketones (excluding diaryl/α,β-unsaturated/α-hetero) is 1. The molecule has 13 nitrogen and oxygen atoms in total. The van der Waals surface area contributed by atoms with E-state index in [9.17, 15) is 33.1 Å². The molecule has 0 fully saturated rings. The molecule has 4 N–H and O–H groups in total. The number of hydrogen-bond acceptors (Lipinski definition) is 10. The highest BCUT2D eigenvalue weighted by molar-refractivity contribution is 5.93. The van der Waals surface area contributed by atoms with Crippen LogP contribution in [0.5, 0.6) is 0 Å². The molecule has 1 aromatic carbocycles. The lowest BCUT2D eigenvalue weighted by Gasteiger charge is -2.22. The maximum atomic E-state index is 13.8. The molecule has 0 aliphatic heterocycles. The summed E-state index contributed by atoms with van der Waals surface area (Å²) in [4.78, 5) is 54.2. The van der Waals surface area contributed by atoms with Crippen LogP contribution in [-0.2, 0) is 27.5 Å². The molecule has 2 unspecified atom stereocenters. The van der Waals surface area contributed by atoms with Gasteiger partial charge in [0.2, 0.25) is 5.91 Å². The predicted octanol–water partition coefficient (Wildman–Crippen LogP) is 1.09. The Morgan fingerprint density at radius 1 is 1.15 bits per heavy atom. The molecule has 1 amide bonds. The van der Waals surface area contributed by atoms with E-state index in [1.54, 1.807) is 13.8 Å². The number of nitrogens with zero attached hydrogens (tertiary/aromatic N) is 4. The Morgan fingerprint density at radius 3 is 2.49 bits per heavy atom. The molecule has 208 valence electrons. The molecule has 0 saturated carbocycles. The number of aromatic nitrogens is 4. The summed E-state index contributed by atoms with van der Waals surface area (Å²) in [5, 5.41) is 24.4. The van der Waals surface area contributed by atoms with Crippen LogP contribution < -0.4 is 21.5 Å². The van der Waals surface area contributed by atoms with Gasteiger partial charge < -0.3 is 21.1 Å². The van der Waals surface area contributed by atoms with E-state index in [-0.39, 0.29) is 30.9 Å². The van der Waals surface area contributed by atoms with Gasteiger partial charge in [-0.2, -0.15) is 0 Å². The van der Waals surface area contributed by atoms with Crippen molar-refractivity contribution in [2.24, 2.45) is 0 Å². The molecule has 2 aromatic heterocycles. The molecule has 0 aliphatic rings. The summed E-state index contributed by atoms with van der Waals surface area (Å²) in [5.41, 5.74) is 0.0555. The summed E-state index contributed by atoms with van der Waals surface area (Å²) in [6, 6.07) is 0.772. The summed E-state index contributed by atoms with van der Waals surface area (Å²) in [6.07, 6.45) is 1.99. The van der Waals surface area contributed by atoms with Gasteiger partial charge in [0, 0.05) is 24.5 Å². The normalized spacial score (nSPS) is 12.5. The van der Waals surface area contributed by atoms with E-state index in [4.69, 9.17) is 0 Å². The van der Waals surface area contributed by atoms with Crippen molar-refractivity contribution in [3.8, 4) is 0 Å². The SMILES string of the molecule is CCC(C(=O)NC(CC(=O)O)C(=O)CNCc1c(F)cccc1F)n1ccnc(NCc2nonc2C)c1=O. The van der Waals surface area contributed by atoms with Crippen molar-refractivity contribution in [3.05, 3.63) is 69.5 Å². The van der Waals surface area contributed by atoms with Gasteiger partial charge in [0.1, 0.15) is 29.1 Å². The average molecular weight is 548 g/mol. The molecular weight excluding hydrogens is 520 g/mol. The minimum atomic E-state index is -1.46. The van der Waals surface area contributed by atoms with Gasteiger partial charge in [-0.3, -0.25) is 23.7 Å². The number of halogens is 2. The van der Waals surface area contributed by atoms with Gasteiger partial charge in [-0.1, -0.05) is 23.3 Å². The van der Waals surface area contributed by atoms with Crippen molar-refractivity contribution in [1.29, 1.82) is 0 Å².